The summed E-state index contributed by atoms with van der Waals surface area (Å²) in [5, 5.41) is 12.1. The van der Waals surface area contributed by atoms with Crippen molar-refractivity contribution in [2.75, 3.05) is 31.2 Å². The highest BCUT2D eigenvalue weighted by Crippen LogP contribution is 2.35. The van der Waals surface area contributed by atoms with Gasteiger partial charge in [-0.2, -0.15) is 0 Å². The van der Waals surface area contributed by atoms with Crippen molar-refractivity contribution in [2.24, 2.45) is 5.92 Å². The maximum atomic E-state index is 13.4. The molecule has 2 fully saturated rings. The highest BCUT2D eigenvalue weighted by Gasteiger charge is 2.42. The summed E-state index contributed by atoms with van der Waals surface area (Å²) in [6, 6.07) is 6.50. The summed E-state index contributed by atoms with van der Waals surface area (Å²) in [4.78, 5) is 2.17. The van der Waals surface area contributed by atoms with E-state index in [0.29, 0.717) is 25.7 Å². The van der Waals surface area contributed by atoms with Gasteiger partial charge in [-0.05, 0) is 47.9 Å². The number of rotatable bonds is 4. The summed E-state index contributed by atoms with van der Waals surface area (Å²) in [5.74, 6) is 0.187. The lowest BCUT2D eigenvalue weighted by molar-refractivity contribution is -0.182. The molecule has 0 aliphatic carbocycles. The van der Waals surface area contributed by atoms with Crippen LogP contribution in [-0.2, 0) is 16.0 Å². The van der Waals surface area contributed by atoms with E-state index >= 15 is 0 Å². The number of nitrogens with zero attached hydrogens (tertiary/aromatic N) is 5. The first-order chi connectivity index (χ1) is 12.1. The minimum absolute atomic E-state index is 0.256. The number of anilines is 1. The van der Waals surface area contributed by atoms with Crippen LogP contribution in [0.5, 0.6) is 0 Å². The van der Waals surface area contributed by atoms with Crippen LogP contribution in [0, 0.1) is 11.7 Å². The molecule has 134 valence electrons. The van der Waals surface area contributed by atoms with Gasteiger partial charge in [-0.3, -0.25) is 0 Å². The SMILES string of the molecule is CC1(C2CCCN(c3nnnn3Cc3cccc(F)c3)C2)OCCO1. The summed E-state index contributed by atoms with van der Waals surface area (Å²) in [5.41, 5.74) is 0.830. The van der Waals surface area contributed by atoms with Crippen molar-refractivity contribution >= 4 is 5.95 Å². The summed E-state index contributed by atoms with van der Waals surface area (Å²) in [7, 11) is 0. The Balaban J connectivity index is 1.51. The number of hydrogen-bond acceptors (Lipinski definition) is 6. The van der Waals surface area contributed by atoms with Crippen molar-refractivity contribution in [1.82, 2.24) is 20.2 Å². The molecule has 0 radical (unpaired) electrons. The quantitative estimate of drug-likeness (QED) is 0.841. The van der Waals surface area contributed by atoms with Crippen LogP contribution < -0.4 is 4.90 Å². The Morgan fingerprint density at radius 3 is 2.96 bits per heavy atom. The number of aromatic nitrogens is 4. The van der Waals surface area contributed by atoms with Crippen molar-refractivity contribution < 1.29 is 13.9 Å². The minimum atomic E-state index is -0.528. The van der Waals surface area contributed by atoms with Gasteiger partial charge in [0.25, 0.3) is 0 Å². The normalized spacial score (nSPS) is 23.1. The van der Waals surface area contributed by atoms with E-state index in [2.05, 4.69) is 20.4 Å². The molecule has 25 heavy (non-hydrogen) atoms. The minimum Gasteiger partial charge on any atom is -0.347 e. The Morgan fingerprint density at radius 1 is 1.32 bits per heavy atom. The molecule has 4 rings (SSSR count). The van der Waals surface area contributed by atoms with Gasteiger partial charge in [0.05, 0.1) is 19.8 Å². The zero-order chi connectivity index (χ0) is 17.3. The third kappa shape index (κ3) is 3.36. The average Bonchev–Trinajstić information content (AvgIpc) is 3.25. The molecule has 0 N–H and O–H groups in total. The molecule has 0 spiro atoms. The van der Waals surface area contributed by atoms with Crippen LogP contribution in [0.3, 0.4) is 0 Å². The lowest BCUT2D eigenvalue weighted by Crippen LogP contribution is -2.47. The molecule has 2 aromatic rings. The van der Waals surface area contributed by atoms with Crippen LogP contribution in [-0.4, -0.2) is 52.3 Å². The smallest absolute Gasteiger partial charge is 0.245 e. The summed E-state index contributed by atoms with van der Waals surface area (Å²) < 4.78 is 26.8. The van der Waals surface area contributed by atoms with Crippen LogP contribution in [0.25, 0.3) is 0 Å². The van der Waals surface area contributed by atoms with E-state index in [9.17, 15) is 4.39 Å². The van der Waals surface area contributed by atoms with E-state index in [1.807, 2.05) is 13.0 Å². The van der Waals surface area contributed by atoms with Crippen molar-refractivity contribution in [3.05, 3.63) is 35.6 Å². The summed E-state index contributed by atoms with van der Waals surface area (Å²) in [6.07, 6.45) is 2.08. The van der Waals surface area contributed by atoms with Gasteiger partial charge >= 0.3 is 0 Å². The Morgan fingerprint density at radius 2 is 2.16 bits per heavy atom. The molecule has 1 aromatic heterocycles. The zero-order valence-electron chi connectivity index (χ0n) is 14.3. The predicted octanol–water partition coefficient (Wildman–Crippen LogP) is 1.84. The van der Waals surface area contributed by atoms with Crippen molar-refractivity contribution in [3.8, 4) is 0 Å². The van der Waals surface area contributed by atoms with Crippen LogP contribution in [0.4, 0.5) is 10.3 Å². The molecule has 2 aliphatic heterocycles. The molecule has 1 aromatic carbocycles. The topological polar surface area (TPSA) is 65.3 Å². The number of benzene rings is 1. The van der Waals surface area contributed by atoms with Gasteiger partial charge in [0.15, 0.2) is 5.79 Å². The van der Waals surface area contributed by atoms with Crippen molar-refractivity contribution in [1.29, 1.82) is 0 Å². The molecule has 2 aliphatic rings. The van der Waals surface area contributed by atoms with E-state index in [-0.39, 0.29) is 11.7 Å². The van der Waals surface area contributed by atoms with Crippen LogP contribution in [0.2, 0.25) is 0 Å². The first-order valence-corrected chi connectivity index (χ1v) is 8.67. The highest BCUT2D eigenvalue weighted by molar-refractivity contribution is 5.30. The molecule has 0 saturated carbocycles. The van der Waals surface area contributed by atoms with E-state index in [1.54, 1.807) is 10.7 Å². The maximum absolute atomic E-state index is 13.4. The van der Waals surface area contributed by atoms with Gasteiger partial charge in [0.1, 0.15) is 5.82 Å². The van der Waals surface area contributed by atoms with Crippen molar-refractivity contribution in [3.63, 3.8) is 0 Å². The molecule has 0 bridgehead atoms. The van der Waals surface area contributed by atoms with Gasteiger partial charge in [-0.1, -0.05) is 17.2 Å². The van der Waals surface area contributed by atoms with Gasteiger partial charge in [0.2, 0.25) is 5.95 Å². The molecule has 8 heteroatoms. The van der Waals surface area contributed by atoms with Crippen LogP contribution in [0.1, 0.15) is 25.3 Å². The van der Waals surface area contributed by atoms with E-state index in [4.69, 9.17) is 9.47 Å². The van der Waals surface area contributed by atoms with Crippen LogP contribution >= 0.6 is 0 Å². The molecular formula is C17H22FN5O2. The lowest BCUT2D eigenvalue weighted by Gasteiger charge is -2.39. The first-order valence-electron chi connectivity index (χ1n) is 8.67. The van der Waals surface area contributed by atoms with Crippen molar-refractivity contribution in [2.45, 2.75) is 32.1 Å². The standard InChI is InChI=1S/C17H22FN5O2/c1-17(24-8-9-25-17)14-5-3-7-22(12-14)16-19-20-21-23(16)11-13-4-2-6-15(18)10-13/h2,4,6,10,14H,3,5,7-9,11-12H2,1H3. The highest BCUT2D eigenvalue weighted by atomic mass is 19.1. The fraction of sp³-hybridized carbons (Fsp3) is 0.588. The zero-order valence-corrected chi connectivity index (χ0v) is 14.3. The lowest BCUT2D eigenvalue weighted by atomic mass is 9.90. The Kier molecular flexibility index (Phi) is 4.39. The molecule has 1 unspecified atom stereocenters. The number of piperidine rings is 1. The number of tetrazole rings is 1. The monoisotopic (exact) mass is 347 g/mol. The Labute approximate surface area is 145 Å². The van der Waals surface area contributed by atoms with E-state index < -0.39 is 5.79 Å². The second-order valence-corrected chi connectivity index (χ2v) is 6.76. The van der Waals surface area contributed by atoms with Gasteiger partial charge in [0, 0.05) is 19.0 Å². The second-order valence-electron chi connectivity index (χ2n) is 6.76. The molecule has 0 amide bonds. The molecule has 7 nitrogen and oxygen atoms in total. The van der Waals surface area contributed by atoms with Crippen LogP contribution in [0.15, 0.2) is 24.3 Å². The van der Waals surface area contributed by atoms with Gasteiger partial charge in [-0.25, -0.2) is 9.07 Å². The first kappa shape index (κ1) is 16.4. The maximum Gasteiger partial charge on any atom is 0.245 e. The fourth-order valence-corrected chi connectivity index (χ4v) is 3.69. The summed E-state index contributed by atoms with van der Waals surface area (Å²) in [6.45, 7) is 5.40. The van der Waals surface area contributed by atoms with E-state index in [1.165, 1.54) is 12.1 Å². The average molecular weight is 347 g/mol. The largest absolute Gasteiger partial charge is 0.347 e. The number of hydrogen-bond donors (Lipinski definition) is 0. The molecular weight excluding hydrogens is 325 g/mol. The Bertz CT molecular complexity index is 731. The molecule has 1 atom stereocenters. The van der Waals surface area contributed by atoms with E-state index in [0.717, 1.165) is 31.5 Å². The van der Waals surface area contributed by atoms with Gasteiger partial charge < -0.3 is 14.4 Å². The summed E-state index contributed by atoms with van der Waals surface area (Å²) >= 11 is 0. The predicted molar refractivity (Wildman–Crippen MR) is 88.6 cm³/mol. The third-order valence-electron chi connectivity index (χ3n) is 5.04. The Hall–Kier alpha value is -2.06. The molecule has 3 heterocycles. The second kappa shape index (κ2) is 6.68. The fourth-order valence-electron chi connectivity index (χ4n) is 3.69. The number of halogens is 1. The third-order valence-corrected chi connectivity index (χ3v) is 5.04. The number of ether oxygens (including phenoxy) is 2. The van der Waals surface area contributed by atoms with Gasteiger partial charge in [-0.15, -0.1) is 0 Å². The molecule has 2 saturated heterocycles.